The first-order valence-corrected chi connectivity index (χ1v) is 7.61. The van der Waals surface area contributed by atoms with Gasteiger partial charge in [-0.1, -0.05) is 31.5 Å². The summed E-state index contributed by atoms with van der Waals surface area (Å²) in [6.07, 6.45) is 0.966. The van der Waals surface area contributed by atoms with E-state index in [9.17, 15) is 14.4 Å². The predicted molar refractivity (Wildman–Crippen MR) is 88.1 cm³/mol. The minimum absolute atomic E-state index is 0.264. The summed E-state index contributed by atoms with van der Waals surface area (Å²) in [5.74, 6) is -0.714. The van der Waals surface area contributed by atoms with Crippen molar-refractivity contribution < 1.29 is 19.1 Å². The fourth-order valence-electron chi connectivity index (χ4n) is 1.89. The Hall–Kier alpha value is -2.37. The molecule has 0 aliphatic heterocycles. The minimum atomic E-state index is -0.662. The third-order valence-corrected chi connectivity index (χ3v) is 3.17. The fraction of sp³-hybridized carbons (Fsp3) is 0.471. The Morgan fingerprint density at radius 2 is 1.87 bits per heavy atom. The Bertz CT molecular complexity index is 582. The van der Waals surface area contributed by atoms with E-state index in [1.54, 1.807) is 6.07 Å². The van der Waals surface area contributed by atoms with Crippen molar-refractivity contribution in [2.45, 2.75) is 40.5 Å². The topological polar surface area (TPSA) is 84.5 Å². The van der Waals surface area contributed by atoms with Crippen molar-refractivity contribution in [3.05, 3.63) is 29.3 Å². The zero-order chi connectivity index (χ0) is 17.4. The molecule has 0 aromatic heterocycles. The second kappa shape index (κ2) is 8.92. The van der Waals surface area contributed by atoms with Crippen LogP contribution in [-0.4, -0.2) is 24.5 Å². The molecule has 6 nitrogen and oxygen atoms in total. The van der Waals surface area contributed by atoms with E-state index in [4.69, 9.17) is 4.74 Å². The number of aryl methyl sites for hydroxylation is 2. The van der Waals surface area contributed by atoms with Crippen LogP contribution < -0.4 is 10.6 Å². The van der Waals surface area contributed by atoms with Crippen LogP contribution in [0.3, 0.4) is 0 Å². The summed E-state index contributed by atoms with van der Waals surface area (Å²) in [6, 6.07) is 4.90. The highest BCUT2D eigenvalue weighted by molar-refractivity contribution is 6.02. The summed E-state index contributed by atoms with van der Waals surface area (Å²) >= 11 is 0. The molecule has 0 bridgehead atoms. The third kappa shape index (κ3) is 7.44. The lowest BCUT2D eigenvalue weighted by molar-refractivity contribution is -0.148. The Balaban J connectivity index is 2.36. The number of nitrogens with one attached hydrogen (secondary N) is 2. The maximum Gasteiger partial charge on any atom is 0.325 e. The molecule has 0 fully saturated rings. The summed E-state index contributed by atoms with van der Waals surface area (Å²) in [7, 11) is 0. The zero-order valence-corrected chi connectivity index (χ0v) is 14.1. The fourth-order valence-corrected chi connectivity index (χ4v) is 1.89. The van der Waals surface area contributed by atoms with Crippen molar-refractivity contribution >= 4 is 23.6 Å². The van der Waals surface area contributed by atoms with Gasteiger partial charge in [0.2, 0.25) is 0 Å². The van der Waals surface area contributed by atoms with Crippen LogP contribution in [0.5, 0.6) is 0 Å². The van der Waals surface area contributed by atoms with Gasteiger partial charge in [-0.2, -0.15) is 0 Å². The van der Waals surface area contributed by atoms with Gasteiger partial charge >= 0.3 is 12.0 Å². The molecule has 0 atom stereocenters. The molecule has 0 heterocycles. The molecule has 2 N–H and O–H groups in total. The highest BCUT2D eigenvalue weighted by atomic mass is 16.5. The molecule has 6 heteroatoms. The van der Waals surface area contributed by atoms with E-state index in [2.05, 4.69) is 10.6 Å². The maximum atomic E-state index is 11.7. The van der Waals surface area contributed by atoms with Crippen molar-refractivity contribution in [3.63, 3.8) is 0 Å². The van der Waals surface area contributed by atoms with Crippen LogP contribution in [0.25, 0.3) is 0 Å². The van der Waals surface area contributed by atoms with Crippen LogP contribution >= 0.6 is 0 Å². The first kappa shape index (κ1) is 18.7. The molecule has 23 heavy (non-hydrogen) atoms. The number of benzene rings is 1. The van der Waals surface area contributed by atoms with E-state index in [0.717, 1.165) is 11.1 Å². The number of esters is 1. The number of rotatable bonds is 6. The average molecular weight is 320 g/mol. The minimum Gasteiger partial charge on any atom is -0.456 e. The summed E-state index contributed by atoms with van der Waals surface area (Å²) in [5.41, 5.74) is 2.60. The molecule has 1 rings (SSSR count). The highest BCUT2D eigenvalue weighted by Crippen LogP contribution is 2.15. The normalized spacial score (nSPS) is 10.3. The van der Waals surface area contributed by atoms with Crippen molar-refractivity contribution in [1.29, 1.82) is 0 Å². The Labute approximate surface area is 136 Å². The highest BCUT2D eigenvalue weighted by Gasteiger charge is 2.12. The van der Waals surface area contributed by atoms with Gasteiger partial charge in [0.1, 0.15) is 0 Å². The molecular weight excluding hydrogens is 296 g/mol. The molecule has 0 unspecified atom stereocenters. The third-order valence-electron chi connectivity index (χ3n) is 3.17. The molecule has 0 saturated heterocycles. The quantitative estimate of drug-likeness (QED) is 0.789. The zero-order valence-electron chi connectivity index (χ0n) is 14.1. The first-order valence-electron chi connectivity index (χ1n) is 7.61. The van der Waals surface area contributed by atoms with Crippen LogP contribution in [0.4, 0.5) is 10.5 Å². The number of carbonyl (C=O) groups is 3. The molecule has 126 valence electrons. The lowest BCUT2D eigenvalue weighted by Crippen LogP contribution is -2.37. The molecule has 0 aliphatic rings. The lowest BCUT2D eigenvalue weighted by Gasteiger charge is -2.10. The van der Waals surface area contributed by atoms with Gasteiger partial charge in [0.05, 0.1) is 0 Å². The van der Waals surface area contributed by atoms with Gasteiger partial charge < -0.3 is 10.1 Å². The van der Waals surface area contributed by atoms with E-state index in [-0.39, 0.29) is 6.42 Å². The van der Waals surface area contributed by atoms with Crippen LogP contribution in [-0.2, 0) is 14.3 Å². The van der Waals surface area contributed by atoms with Crippen molar-refractivity contribution in [3.8, 4) is 0 Å². The number of hydrogen-bond acceptors (Lipinski definition) is 4. The van der Waals surface area contributed by atoms with E-state index in [0.29, 0.717) is 18.0 Å². The number of carbonyl (C=O) groups excluding carboxylic acids is 3. The standard InChI is InChI=1S/C17H24N2O4/c1-11(2)5-8-16(21)23-10-15(20)19-17(22)18-14-7-6-12(3)9-13(14)4/h6-7,9,11H,5,8,10H2,1-4H3,(H2,18,19,20,22). The Morgan fingerprint density at radius 3 is 2.48 bits per heavy atom. The van der Waals surface area contributed by atoms with Crippen LogP contribution in [0, 0.1) is 19.8 Å². The number of anilines is 1. The van der Waals surface area contributed by atoms with Crippen molar-refractivity contribution in [2.24, 2.45) is 5.92 Å². The van der Waals surface area contributed by atoms with E-state index in [1.165, 1.54) is 0 Å². The van der Waals surface area contributed by atoms with E-state index < -0.39 is 24.5 Å². The van der Waals surface area contributed by atoms with Gasteiger partial charge in [0.15, 0.2) is 6.61 Å². The second-order valence-electron chi connectivity index (χ2n) is 5.91. The molecule has 0 spiro atoms. The molecule has 0 aliphatic carbocycles. The second-order valence-corrected chi connectivity index (χ2v) is 5.91. The van der Waals surface area contributed by atoms with Crippen LogP contribution in [0.15, 0.2) is 18.2 Å². The maximum absolute atomic E-state index is 11.7. The summed E-state index contributed by atoms with van der Waals surface area (Å²) in [4.78, 5) is 34.7. The summed E-state index contributed by atoms with van der Waals surface area (Å²) in [6.45, 7) is 7.35. The van der Waals surface area contributed by atoms with E-state index in [1.807, 2.05) is 39.8 Å². The number of imide groups is 1. The van der Waals surface area contributed by atoms with E-state index >= 15 is 0 Å². The van der Waals surface area contributed by atoms with Gasteiger partial charge in [-0.15, -0.1) is 0 Å². The molecule has 0 radical (unpaired) electrons. The molecule has 0 saturated carbocycles. The number of hydrogen-bond donors (Lipinski definition) is 2. The van der Waals surface area contributed by atoms with Gasteiger partial charge in [0.25, 0.3) is 5.91 Å². The summed E-state index contributed by atoms with van der Waals surface area (Å²) < 4.78 is 4.81. The average Bonchev–Trinajstić information content (AvgIpc) is 2.46. The Kier molecular flexibility index (Phi) is 7.25. The van der Waals surface area contributed by atoms with Crippen LogP contribution in [0.2, 0.25) is 0 Å². The number of ether oxygens (including phenoxy) is 1. The molecule has 1 aromatic carbocycles. The molecular formula is C17H24N2O4. The monoisotopic (exact) mass is 320 g/mol. The Morgan fingerprint density at radius 1 is 1.17 bits per heavy atom. The lowest BCUT2D eigenvalue weighted by atomic mass is 10.1. The number of amides is 3. The first-order chi connectivity index (χ1) is 10.8. The summed E-state index contributed by atoms with van der Waals surface area (Å²) in [5, 5.41) is 4.71. The van der Waals surface area contributed by atoms with Gasteiger partial charge in [-0.3, -0.25) is 14.9 Å². The smallest absolute Gasteiger partial charge is 0.325 e. The molecule has 1 aromatic rings. The SMILES string of the molecule is Cc1ccc(NC(=O)NC(=O)COC(=O)CCC(C)C)c(C)c1. The molecule has 3 amide bonds. The van der Waals surface area contributed by atoms with Crippen molar-refractivity contribution in [2.75, 3.05) is 11.9 Å². The van der Waals surface area contributed by atoms with Gasteiger partial charge in [0, 0.05) is 12.1 Å². The van der Waals surface area contributed by atoms with Crippen molar-refractivity contribution in [1.82, 2.24) is 5.32 Å². The van der Waals surface area contributed by atoms with Gasteiger partial charge in [-0.05, 0) is 37.8 Å². The predicted octanol–water partition coefficient (Wildman–Crippen LogP) is 2.93. The van der Waals surface area contributed by atoms with Crippen LogP contribution in [0.1, 0.15) is 37.8 Å². The van der Waals surface area contributed by atoms with Gasteiger partial charge in [-0.25, -0.2) is 4.79 Å². The largest absolute Gasteiger partial charge is 0.456 e. The number of urea groups is 1.